The highest BCUT2D eigenvalue weighted by Crippen LogP contribution is 2.36. The molecule has 0 saturated carbocycles. The van der Waals surface area contributed by atoms with Crippen LogP contribution in [0.4, 0.5) is 5.00 Å². The van der Waals surface area contributed by atoms with Crippen LogP contribution in [0, 0.1) is 0 Å². The van der Waals surface area contributed by atoms with Crippen LogP contribution in [0.1, 0.15) is 5.56 Å². The zero-order valence-corrected chi connectivity index (χ0v) is 10.1. The summed E-state index contributed by atoms with van der Waals surface area (Å²) >= 11 is 9.29. The Kier molecular flexibility index (Phi) is 2.91. The van der Waals surface area contributed by atoms with E-state index in [4.69, 9.17) is 17.3 Å². The molecule has 0 amide bonds. The molecule has 14 heavy (non-hydrogen) atoms. The zero-order chi connectivity index (χ0) is 10.1. The second kappa shape index (κ2) is 4.01. The number of fused-ring (bicyclic) bond motifs is 1. The van der Waals surface area contributed by atoms with Gasteiger partial charge in [-0.3, -0.25) is 0 Å². The lowest BCUT2D eigenvalue weighted by Gasteiger charge is -2.04. The minimum Gasteiger partial charge on any atom is -0.391 e. The van der Waals surface area contributed by atoms with Crippen LogP contribution < -0.4 is 5.73 Å². The van der Waals surface area contributed by atoms with E-state index in [1.165, 1.54) is 20.5 Å². The van der Waals surface area contributed by atoms with Crippen LogP contribution in [0.15, 0.2) is 23.1 Å². The van der Waals surface area contributed by atoms with Gasteiger partial charge in [0.05, 0.1) is 5.00 Å². The van der Waals surface area contributed by atoms with Crippen molar-refractivity contribution < 1.29 is 0 Å². The van der Waals surface area contributed by atoms with Gasteiger partial charge in [-0.25, -0.2) is 0 Å². The molecule has 0 saturated heterocycles. The van der Waals surface area contributed by atoms with E-state index in [9.17, 15) is 0 Å². The normalized spacial score (nSPS) is 11.0. The summed E-state index contributed by atoms with van der Waals surface area (Å²) in [5.74, 6) is 0.549. The van der Waals surface area contributed by atoms with Crippen molar-refractivity contribution in [1.29, 1.82) is 0 Å². The van der Waals surface area contributed by atoms with Crippen molar-refractivity contribution in [3.8, 4) is 0 Å². The molecular weight excluding hydrogens is 234 g/mol. The van der Waals surface area contributed by atoms with Gasteiger partial charge < -0.3 is 5.73 Å². The summed E-state index contributed by atoms with van der Waals surface area (Å²) in [6.07, 6.45) is 2.06. The van der Waals surface area contributed by atoms with E-state index in [2.05, 4.69) is 18.4 Å². The van der Waals surface area contributed by atoms with E-state index in [1.807, 2.05) is 6.07 Å². The van der Waals surface area contributed by atoms with Gasteiger partial charge in [-0.05, 0) is 29.3 Å². The van der Waals surface area contributed by atoms with Crippen LogP contribution in [0.5, 0.6) is 0 Å². The van der Waals surface area contributed by atoms with Gasteiger partial charge in [-0.2, -0.15) is 0 Å². The van der Waals surface area contributed by atoms with Crippen LogP contribution in [-0.2, 0) is 5.88 Å². The Morgan fingerprint density at radius 1 is 1.50 bits per heavy atom. The minimum absolute atomic E-state index is 0.549. The molecule has 4 heteroatoms. The summed E-state index contributed by atoms with van der Waals surface area (Å²) in [5.41, 5.74) is 6.98. The molecule has 1 heterocycles. The lowest BCUT2D eigenvalue weighted by atomic mass is 10.2. The predicted octanol–water partition coefficient (Wildman–Crippen LogP) is 3.94. The van der Waals surface area contributed by atoms with Gasteiger partial charge in [0.1, 0.15) is 0 Å². The number of nitrogens with two attached hydrogens (primary N) is 1. The van der Waals surface area contributed by atoms with Gasteiger partial charge in [-0.15, -0.1) is 34.7 Å². The Morgan fingerprint density at radius 2 is 2.29 bits per heavy atom. The fourth-order valence-electron chi connectivity index (χ4n) is 1.48. The second-order valence-corrected chi connectivity index (χ2v) is 5.15. The topological polar surface area (TPSA) is 26.0 Å². The summed E-state index contributed by atoms with van der Waals surface area (Å²) in [4.78, 5) is 1.24. The highest BCUT2D eigenvalue weighted by molar-refractivity contribution is 7.98. The monoisotopic (exact) mass is 243 g/mol. The maximum atomic E-state index is 5.95. The number of rotatable bonds is 2. The van der Waals surface area contributed by atoms with Gasteiger partial charge in [0, 0.05) is 15.5 Å². The number of hydrogen-bond acceptors (Lipinski definition) is 3. The van der Waals surface area contributed by atoms with E-state index in [0.29, 0.717) is 5.88 Å². The number of thioether (sulfide) groups is 1. The molecule has 74 valence electrons. The van der Waals surface area contributed by atoms with Gasteiger partial charge >= 0.3 is 0 Å². The van der Waals surface area contributed by atoms with Crippen molar-refractivity contribution in [1.82, 2.24) is 0 Å². The van der Waals surface area contributed by atoms with Crippen LogP contribution in [0.2, 0.25) is 0 Å². The van der Waals surface area contributed by atoms with Crippen molar-refractivity contribution in [3.05, 3.63) is 23.8 Å². The lowest BCUT2D eigenvalue weighted by molar-refractivity contribution is 1.31. The maximum Gasteiger partial charge on any atom is 0.0868 e. The van der Waals surface area contributed by atoms with Crippen molar-refractivity contribution in [3.63, 3.8) is 0 Å². The Bertz CT molecular complexity index is 464. The van der Waals surface area contributed by atoms with Gasteiger partial charge in [0.25, 0.3) is 0 Å². The maximum absolute atomic E-state index is 5.95. The Labute approximate surface area is 96.2 Å². The first-order chi connectivity index (χ1) is 6.76. The first-order valence-corrected chi connectivity index (χ1v) is 6.74. The van der Waals surface area contributed by atoms with Crippen LogP contribution >= 0.6 is 34.7 Å². The molecule has 0 spiro atoms. The van der Waals surface area contributed by atoms with E-state index >= 15 is 0 Å². The standard InChI is InChI=1S/C10H10ClNS2/c1-13-8-3-2-6-4-9(12)14-10(6)7(8)5-11/h2-4H,5,12H2,1H3. The molecule has 0 aliphatic carbocycles. The summed E-state index contributed by atoms with van der Waals surface area (Å²) in [6.45, 7) is 0. The van der Waals surface area contributed by atoms with Gasteiger partial charge in [-0.1, -0.05) is 6.07 Å². The van der Waals surface area contributed by atoms with Crippen LogP contribution in [0.3, 0.4) is 0 Å². The zero-order valence-electron chi connectivity index (χ0n) is 7.71. The smallest absolute Gasteiger partial charge is 0.0868 e. The highest BCUT2D eigenvalue weighted by atomic mass is 35.5. The largest absolute Gasteiger partial charge is 0.391 e. The summed E-state index contributed by atoms with van der Waals surface area (Å²) in [5, 5.41) is 2.05. The second-order valence-electron chi connectivity index (χ2n) is 2.95. The molecule has 2 N–H and O–H groups in total. The molecule has 0 fully saturated rings. The average Bonchev–Trinajstić information content (AvgIpc) is 2.56. The third-order valence-corrected chi connectivity index (χ3v) is 4.25. The molecule has 0 aliphatic rings. The number of alkyl halides is 1. The summed E-state index contributed by atoms with van der Waals surface area (Å²) in [6, 6.07) is 6.21. The number of benzene rings is 1. The van der Waals surface area contributed by atoms with Crippen molar-refractivity contribution >= 4 is 49.8 Å². The third-order valence-electron chi connectivity index (χ3n) is 2.12. The number of thiophene rings is 1. The van der Waals surface area contributed by atoms with Crippen molar-refractivity contribution in [2.75, 3.05) is 12.0 Å². The predicted molar refractivity (Wildman–Crippen MR) is 67.6 cm³/mol. The molecule has 2 rings (SSSR count). The van der Waals surface area contributed by atoms with E-state index in [0.717, 1.165) is 5.00 Å². The van der Waals surface area contributed by atoms with Crippen LogP contribution in [-0.4, -0.2) is 6.26 Å². The number of hydrogen-bond donors (Lipinski definition) is 1. The molecule has 0 aliphatic heterocycles. The SMILES string of the molecule is CSc1ccc2cc(N)sc2c1CCl. The fourth-order valence-corrected chi connectivity index (χ4v) is 3.58. The van der Waals surface area contributed by atoms with Gasteiger partial charge in [0.15, 0.2) is 0 Å². The van der Waals surface area contributed by atoms with E-state index in [1.54, 1.807) is 23.1 Å². The molecule has 0 bridgehead atoms. The van der Waals surface area contributed by atoms with Crippen molar-refractivity contribution in [2.24, 2.45) is 0 Å². The molecule has 2 aromatic rings. The molecule has 1 aromatic heterocycles. The van der Waals surface area contributed by atoms with Crippen molar-refractivity contribution in [2.45, 2.75) is 10.8 Å². The van der Waals surface area contributed by atoms with Crippen LogP contribution in [0.25, 0.3) is 10.1 Å². The fraction of sp³-hybridized carbons (Fsp3) is 0.200. The Hall–Kier alpha value is -0.380. The molecule has 0 atom stereocenters. The van der Waals surface area contributed by atoms with Gasteiger partial charge in [0.2, 0.25) is 0 Å². The number of anilines is 1. The van der Waals surface area contributed by atoms with E-state index in [-0.39, 0.29) is 0 Å². The summed E-state index contributed by atoms with van der Waals surface area (Å²) in [7, 11) is 0. The first kappa shape index (κ1) is 10.1. The third kappa shape index (κ3) is 1.60. The number of nitrogen functional groups attached to an aromatic ring is 1. The Morgan fingerprint density at radius 3 is 2.93 bits per heavy atom. The number of halogens is 1. The van der Waals surface area contributed by atoms with E-state index < -0.39 is 0 Å². The molecular formula is C10H10ClNS2. The quantitative estimate of drug-likeness (QED) is 0.639. The Balaban J connectivity index is 2.75. The molecule has 1 aromatic carbocycles. The molecule has 0 unspecified atom stereocenters. The molecule has 1 nitrogen and oxygen atoms in total. The molecule has 0 radical (unpaired) electrons. The minimum atomic E-state index is 0.549. The average molecular weight is 244 g/mol. The highest BCUT2D eigenvalue weighted by Gasteiger charge is 2.08. The first-order valence-electron chi connectivity index (χ1n) is 4.17. The summed E-state index contributed by atoms with van der Waals surface area (Å²) < 4.78 is 1.23. The lowest BCUT2D eigenvalue weighted by Crippen LogP contribution is -1.82.